The van der Waals surface area contributed by atoms with Gasteiger partial charge in [0.15, 0.2) is 0 Å². The Hall–Kier alpha value is -2.14. The van der Waals surface area contributed by atoms with E-state index in [4.69, 9.17) is 4.52 Å². The molecule has 1 saturated heterocycles. The fraction of sp³-hybridized carbons (Fsp3) is 0.474. The van der Waals surface area contributed by atoms with Gasteiger partial charge in [-0.25, -0.2) is 0 Å². The minimum atomic E-state index is -0.174. The molecule has 1 amide bonds. The van der Waals surface area contributed by atoms with E-state index in [-0.39, 0.29) is 5.91 Å². The minimum Gasteiger partial charge on any atom is -0.351 e. The average Bonchev–Trinajstić information content (AvgIpc) is 3.11. The third-order valence-corrected chi connectivity index (χ3v) is 4.46. The Bertz CT molecular complexity index is 654. The van der Waals surface area contributed by atoms with Gasteiger partial charge in [0.05, 0.1) is 5.69 Å². The van der Waals surface area contributed by atoms with E-state index in [0.29, 0.717) is 18.2 Å². The third kappa shape index (κ3) is 4.23. The highest BCUT2D eigenvalue weighted by atomic mass is 16.5. The lowest BCUT2D eigenvalue weighted by Gasteiger charge is -2.31. The summed E-state index contributed by atoms with van der Waals surface area (Å²) in [6.45, 7) is 5.70. The number of amides is 1. The van der Waals surface area contributed by atoms with Gasteiger partial charge in [-0.05, 0) is 31.4 Å². The molecule has 128 valence electrons. The average molecular weight is 327 g/mol. The number of carbonyl (C=O) groups is 1. The van der Waals surface area contributed by atoms with Gasteiger partial charge >= 0.3 is 0 Å². The largest absolute Gasteiger partial charge is 0.351 e. The maximum atomic E-state index is 11.9. The first-order valence-corrected chi connectivity index (χ1v) is 8.77. The number of hydrogen-bond acceptors (Lipinski definition) is 4. The first-order valence-electron chi connectivity index (χ1n) is 8.77. The molecule has 1 fully saturated rings. The molecular weight excluding hydrogens is 302 g/mol. The van der Waals surface area contributed by atoms with Crippen molar-refractivity contribution < 1.29 is 9.32 Å². The van der Waals surface area contributed by atoms with E-state index in [2.05, 4.69) is 39.6 Å². The van der Waals surface area contributed by atoms with Crippen molar-refractivity contribution in [1.82, 2.24) is 15.4 Å². The Morgan fingerprint density at radius 3 is 3.00 bits per heavy atom. The first kappa shape index (κ1) is 16.7. The molecule has 3 rings (SSSR count). The van der Waals surface area contributed by atoms with Gasteiger partial charge in [0, 0.05) is 31.6 Å². The topological polar surface area (TPSA) is 58.4 Å². The summed E-state index contributed by atoms with van der Waals surface area (Å²) in [6.07, 6.45) is 3.14. The van der Waals surface area contributed by atoms with Gasteiger partial charge in [-0.3, -0.25) is 9.69 Å². The molecule has 0 bridgehead atoms. The molecule has 0 spiro atoms. The predicted octanol–water partition coefficient (Wildman–Crippen LogP) is 3.19. The zero-order chi connectivity index (χ0) is 16.8. The number of piperidine rings is 1. The molecule has 1 aliphatic heterocycles. The van der Waals surface area contributed by atoms with Crippen molar-refractivity contribution in [1.29, 1.82) is 0 Å². The third-order valence-electron chi connectivity index (χ3n) is 4.46. The molecule has 0 radical (unpaired) electrons. The number of aromatic nitrogens is 1. The Labute approximate surface area is 143 Å². The molecule has 1 aromatic heterocycles. The van der Waals surface area contributed by atoms with Crippen molar-refractivity contribution in [3.05, 3.63) is 53.4 Å². The summed E-state index contributed by atoms with van der Waals surface area (Å²) in [7, 11) is 0. The molecule has 1 atom stereocenters. The minimum absolute atomic E-state index is 0.174. The molecule has 2 aromatic rings. The molecule has 5 heteroatoms. The maximum Gasteiger partial charge on any atom is 0.289 e. The van der Waals surface area contributed by atoms with Crippen LogP contribution in [0.2, 0.25) is 0 Å². The molecule has 2 heterocycles. The summed E-state index contributed by atoms with van der Waals surface area (Å²) in [6, 6.07) is 12.3. The van der Waals surface area contributed by atoms with Gasteiger partial charge in [-0.15, -0.1) is 0 Å². The van der Waals surface area contributed by atoms with E-state index in [1.54, 1.807) is 0 Å². The van der Waals surface area contributed by atoms with Gasteiger partial charge in [0.25, 0.3) is 5.91 Å². The molecule has 0 saturated carbocycles. The van der Waals surface area contributed by atoms with Crippen LogP contribution in [0.3, 0.4) is 0 Å². The predicted molar refractivity (Wildman–Crippen MR) is 92.8 cm³/mol. The van der Waals surface area contributed by atoms with E-state index in [1.165, 1.54) is 5.56 Å². The van der Waals surface area contributed by atoms with Gasteiger partial charge in [0.2, 0.25) is 5.76 Å². The fourth-order valence-electron chi connectivity index (χ4n) is 3.20. The Balaban J connectivity index is 1.60. The smallest absolute Gasteiger partial charge is 0.289 e. The summed E-state index contributed by atoms with van der Waals surface area (Å²) in [5, 5.41) is 6.97. The van der Waals surface area contributed by atoms with E-state index in [9.17, 15) is 4.79 Å². The number of benzene rings is 1. The van der Waals surface area contributed by atoms with Crippen molar-refractivity contribution in [3.63, 3.8) is 0 Å². The van der Waals surface area contributed by atoms with Crippen LogP contribution >= 0.6 is 0 Å². The van der Waals surface area contributed by atoms with Crippen LogP contribution in [0.25, 0.3) is 0 Å². The highest BCUT2D eigenvalue weighted by Crippen LogP contribution is 2.27. The van der Waals surface area contributed by atoms with Gasteiger partial charge in [0.1, 0.15) is 0 Å². The summed E-state index contributed by atoms with van der Waals surface area (Å²) in [4.78, 5) is 14.4. The molecule has 1 aliphatic rings. The second-order valence-electron chi connectivity index (χ2n) is 6.43. The Kier molecular flexibility index (Phi) is 5.64. The SMILES string of the molecule is CCCNC(=O)c1cc(C2CCCN(Cc3ccccc3)C2)no1. The van der Waals surface area contributed by atoms with Crippen molar-refractivity contribution in [3.8, 4) is 0 Å². The van der Waals surface area contributed by atoms with Crippen LogP contribution in [0.1, 0.15) is 53.9 Å². The van der Waals surface area contributed by atoms with Crippen LogP contribution in [0.5, 0.6) is 0 Å². The molecule has 0 aliphatic carbocycles. The van der Waals surface area contributed by atoms with Crippen LogP contribution in [0.4, 0.5) is 0 Å². The number of likely N-dealkylation sites (tertiary alicyclic amines) is 1. The van der Waals surface area contributed by atoms with E-state index in [0.717, 1.165) is 44.6 Å². The van der Waals surface area contributed by atoms with Crippen LogP contribution in [-0.4, -0.2) is 35.6 Å². The fourth-order valence-corrected chi connectivity index (χ4v) is 3.20. The second kappa shape index (κ2) is 8.11. The summed E-state index contributed by atoms with van der Waals surface area (Å²) in [5.41, 5.74) is 2.23. The highest BCUT2D eigenvalue weighted by Gasteiger charge is 2.25. The monoisotopic (exact) mass is 327 g/mol. The number of rotatable bonds is 6. The molecular formula is C19H25N3O2. The van der Waals surface area contributed by atoms with Crippen LogP contribution in [0, 0.1) is 0 Å². The summed E-state index contributed by atoms with van der Waals surface area (Å²) < 4.78 is 5.25. The van der Waals surface area contributed by atoms with E-state index < -0.39 is 0 Å². The van der Waals surface area contributed by atoms with Gasteiger partial charge in [-0.1, -0.05) is 42.4 Å². The number of nitrogens with one attached hydrogen (secondary N) is 1. The number of hydrogen-bond donors (Lipinski definition) is 1. The van der Waals surface area contributed by atoms with Crippen LogP contribution in [-0.2, 0) is 6.54 Å². The summed E-state index contributed by atoms with van der Waals surface area (Å²) >= 11 is 0. The molecule has 1 aromatic carbocycles. The van der Waals surface area contributed by atoms with Crippen molar-refractivity contribution in [2.45, 2.75) is 38.6 Å². The van der Waals surface area contributed by atoms with E-state index in [1.807, 2.05) is 19.1 Å². The Morgan fingerprint density at radius 1 is 1.38 bits per heavy atom. The molecule has 1 N–H and O–H groups in total. The highest BCUT2D eigenvalue weighted by molar-refractivity contribution is 5.91. The first-order chi connectivity index (χ1) is 11.8. The summed E-state index contributed by atoms with van der Waals surface area (Å²) in [5.74, 6) is 0.477. The molecule has 24 heavy (non-hydrogen) atoms. The van der Waals surface area contributed by atoms with Crippen LogP contribution in [0.15, 0.2) is 40.9 Å². The standard InChI is InChI=1S/C19H25N3O2/c1-2-10-20-19(23)18-12-17(21-24-18)16-9-6-11-22(14-16)13-15-7-4-3-5-8-15/h3-5,7-8,12,16H,2,6,9-11,13-14H2,1H3,(H,20,23). The van der Waals surface area contributed by atoms with Crippen molar-refractivity contribution in [2.75, 3.05) is 19.6 Å². The Morgan fingerprint density at radius 2 is 2.21 bits per heavy atom. The lowest BCUT2D eigenvalue weighted by atomic mass is 9.94. The van der Waals surface area contributed by atoms with E-state index >= 15 is 0 Å². The lowest BCUT2D eigenvalue weighted by Crippen LogP contribution is -2.34. The van der Waals surface area contributed by atoms with Crippen molar-refractivity contribution in [2.24, 2.45) is 0 Å². The molecule has 5 nitrogen and oxygen atoms in total. The molecule has 1 unspecified atom stereocenters. The zero-order valence-electron chi connectivity index (χ0n) is 14.2. The maximum absolute atomic E-state index is 11.9. The van der Waals surface area contributed by atoms with Gasteiger partial charge < -0.3 is 9.84 Å². The second-order valence-corrected chi connectivity index (χ2v) is 6.43. The number of nitrogens with zero attached hydrogens (tertiary/aromatic N) is 2. The quantitative estimate of drug-likeness (QED) is 0.885. The lowest BCUT2D eigenvalue weighted by molar-refractivity contribution is 0.0916. The zero-order valence-corrected chi connectivity index (χ0v) is 14.2. The van der Waals surface area contributed by atoms with Gasteiger partial charge in [-0.2, -0.15) is 0 Å². The van der Waals surface area contributed by atoms with Crippen LogP contribution < -0.4 is 5.32 Å². The van der Waals surface area contributed by atoms with Crippen molar-refractivity contribution >= 4 is 5.91 Å². The normalized spacial score (nSPS) is 18.5. The number of carbonyl (C=O) groups excluding carboxylic acids is 1.